The van der Waals surface area contributed by atoms with Crippen LogP contribution < -0.4 is 4.72 Å². The lowest BCUT2D eigenvalue weighted by Gasteiger charge is -2.26. The predicted molar refractivity (Wildman–Crippen MR) is 81.3 cm³/mol. The SMILES string of the molecule is CC(N[S@+]([O-])C(C)(C)C)c1cc(-c2ncc[nH]2)cs1. The first-order valence-corrected chi connectivity index (χ1v) is 8.17. The summed E-state index contributed by atoms with van der Waals surface area (Å²) in [5, 5.41) is 2.06. The van der Waals surface area contributed by atoms with Crippen molar-refractivity contribution in [2.45, 2.75) is 38.5 Å². The summed E-state index contributed by atoms with van der Waals surface area (Å²) in [4.78, 5) is 8.47. The molecule has 19 heavy (non-hydrogen) atoms. The van der Waals surface area contributed by atoms with E-state index in [4.69, 9.17) is 0 Å². The molecule has 6 heteroatoms. The van der Waals surface area contributed by atoms with Crippen molar-refractivity contribution < 1.29 is 4.55 Å². The van der Waals surface area contributed by atoms with Gasteiger partial charge in [-0.25, -0.2) is 4.98 Å². The number of thiophene rings is 1. The van der Waals surface area contributed by atoms with Crippen LogP contribution in [-0.4, -0.2) is 19.3 Å². The summed E-state index contributed by atoms with van der Waals surface area (Å²) in [6.45, 7) is 7.92. The van der Waals surface area contributed by atoms with E-state index in [9.17, 15) is 4.55 Å². The topological polar surface area (TPSA) is 63.8 Å². The van der Waals surface area contributed by atoms with Gasteiger partial charge in [-0.05, 0) is 33.8 Å². The second kappa shape index (κ2) is 5.66. The number of nitrogens with one attached hydrogen (secondary N) is 2. The lowest BCUT2D eigenvalue weighted by molar-refractivity contribution is 0.532. The van der Waals surface area contributed by atoms with Crippen molar-refractivity contribution in [2.75, 3.05) is 0 Å². The Bertz CT molecular complexity index is 516. The van der Waals surface area contributed by atoms with Crippen LogP contribution in [0.5, 0.6) is 0 Å². The summed E-state index contributed by atoms with van der Waals surface area (Å²) in [5.41, 5.74) is 1.07. The molecule has 2 aromatic heterocycles. The largest absolute Gasteiger partial charge is 0.598 e. The van der Waals surface area contributed by atoms with Gasteiger partial charge in [-0.1, -0.05) is 0 Å². The monoisotopic (exact) mass is 297 g/mol. The number of H-pyrrole nitrogens is 1. The number of rotatable bonds is 4. The number of imidazole rings is 1. The normalized spacial score (nSPS) is 15.4. The maximum absolute atomic E-state index is 12.1. The summed E-state index contributed by atoms with van der Waals surface area (Å²) in [7, 11) is 0. The van der Waals surface area contributed by atoms with Crippen molar-refractivity contribution in [3.63, 3.8) is 0 Å². The van der Waals surface area contributed by atoms with Gasteiger partial charge in [0.05, 0.1) is 6.04 Å². The highest BCUT2D eigenvalue weighted by Gasteiger charge is 2.28. The molecular weight excluding hydrogens is 278 g/mol. The fourth-order valence-corrected chi connectivity index (χ4v) is 3.30. The predicted octanol–water partition coefficient (Wildman–Crippen LogP) is 3.25. The molecule has 2 atom stereocenters. The molecule has 4 nitrogen and oxygen atoms in total. The van der Waals surface area contributed by atoms with Crippen LogP contribution in [0.4, 0.5) is 0 Å². The highest BCUT2D eigenvalue weighted by atomic mass is 32.2. The average molecular weight is 297 g/mol. The van der Waals surface area contributed by atoms with E-state index in [0.717, 1.165) is 16.3 Å². The fourth-order valence-electron chi connectivity index (χ4n) is 1.52. The van der Waals surface area contributed by atoms with E-state index >= 15 is 0 Å². The van der Waals surface area contributed by atoms with E-state index < -0.39 is 11.4 Å². The van der Waals surface area contributed by atoms with Crippen molar-refractivity contribution in [1.29, 1.82) is 0 Å². The Morgan fingerprint density at radius 2 is 2.21 bits per heavy atom. The summed E-state index contributed by atoms with van der Waals surface area (Å²) < 4.78 is 15.0. The zero-order chi connectivity index (χ0) is 14.0. The zero-order valence-electron chi connectivity index (χ0n) is 11.6. The molecular formula is C13H19N3OS2. The minimum Gasteiger partial charge on any atom is -0.598 e. The third-order valence-electron chi connectivity index (χ3n) is 2.66. The van der Waals surface area contributed by atoms with Crippen LogP contribution in [0.15, 0.2) is 23.8 Å². The third-order valence-corrected chi connectivity index (χ3v) is 5.45. The lowest BCUT2D eigenvalue weighted by Crippen LogP contribution is -2.40. The molecule has 0 amide bonds. The van der Waals surface area contributed by atoms with Gasteiger partial charge in [0.2, 0.25) is 0 Å². The maximum atomic E-state index is 12.1. The standard InChI is InChI=1S/C13H19N3OS2/c1-9(16-19(17)13(2,3)4)11-7-10(8-18-11)12-14-5-6-15-12/h5-9,16H,1-4H3,(H,14,15)/t9?,19-/m1/s1. The molecule has 0 aliphatic carbocycles. The first-order chi connectivity index (χ1) is 8.88. The van der Waals surface area contributed by atoms with Crippen LogP contribution in [0.2, 0.25) is 0 Å². The Morgan fingerprint density at radius 3 is 2.79 bits per heavy atom. The summed E-state index contributed by atoms with van der Waals surface area (Å²) in [6, 6.07) is 2.15. The van der Waals surface area contributed by atoms with Crippen LogP contribution >= 0.6 is 11.3 Å². The first kappa shape index (κ1) is 14.6. The highest BCUT2D eigenvalue weighted by molar-refractivity contribution is 7.90. The molecule has 0 aromatic carbocycles. The highest BCUT2D eigenvalue weighted by Crippen LogP contribution is 2.28. The quantitative estimate of drug-likeness (QED) is 0.851. The van der Waals surface area contributed by atoms with Crippen molar-refractivity contribution in [2.24, 2.45) is 0 Å². The van der Waals surface area contributed by atoms with Crippen LogP contribution in [0.25, 0.3) is 11.4 Å². The molecule has 2 rings (SSSR count). The van der Waals surface area contributed by atoms with Crippen molar-refractivity contribution >= 4 is 22.7 Å². The minimum atomic E-state index is -1.06. The Hall–Kier alpha value is -0.820. The second-order valence-electron chi connectivity index (χ2n) is 5.40. The Kier molecular flexibility index (Phi) is 4.35. The Balaban J connectivity index is 2.06. The molecule has 0 saturated carbocycles. The fraction of sp³-hybridized carbons (Fsp3) is 0.462. The molecule has 1 unspecified atom stereocenters. The molecule has 0 bridgehead atoms. The van der Waals surface area contributed by atoms with E-state index in [2.05, 4.69) is 26.1 Å². The van der Waals surface area contributed by atoms with Crippen LogP contribution in [0, 0.1) is 0 Å². The van der Waals surface area contributed by atoms with Gasteiger partial charge in [-0.15, -0.1) is 16.1 Å². The van der Waals surface area contributed by atoms with Gasteiger partial charge in [0.25, 0.3) is 0 Å². The van der Waals surface area contributed by atoms with Gasteiger partial charge in [-0.3, -0.25) is 0 Å². The maximum Gasteiger partial charge on any atom is 0.138 e. The zero-order valence-corrected chi connectivity index (χ0v) is 13.2. The minimum absolute atomic E-state index is 0.0637. The number of aromatic amines is 1. The molecule has 2 N–H and O–H groups in total. The summed E-state index contributed by atoms with van der Waals surface area (Å²) >= 11 is 0.589. The first-order valence-electron chi connectivity index (χ1n) is 6.14. The second-order valence-corrected chi connectivity index (χ2v) is 8.34. The Labute approximate surface area is 121 Å². The van der Waals surface area contributed by atoms with Gasteiger partial charge in [0.15, 0.2) is 0 Å². The van der Waals surface area contributed by atoms with Crippen molar-refractivity contribution in [3.8, 4) is 11.4 Å². The summed E-state index contributed by atoms with van der Waals surface area (Å²) in [6.07, 6.45) is 3.55. The van der Waals surface area contributed by atoms with Crippen molar-refractivity contribution in [1.82, 2.24) is 14.7 Å². The van der Waals surface area contributed by atoms with Crippen molar-refractivity contribution in [3.05, 3.63) is 28.7 Å². The number of nitrogens with zero attached hydrogens (tertiary/aromatic N) is 1. The Morgan fingerprint density at radius 1 is 1.47 bits per heavy atom. The van der Waals surface area contributed by atoms with E-state index in [-0.39, 0.29) is 10.8 Å². The molecule has 0 spiro atoms. The molecule has 0 aliphatic heterocycles. The average Bonchev–Trinajstić information content (AvgIpc) is 2.98. The van der Waals surface area contributed by atoms with E-state index in [1.54, 1.807) is 17.5 Å². The lowest BCUT2D eigenvalue weighted by atomic mass is 10.2. The number of aromatic nitrogens is 2. The third kappa shape index (κ3) is 3.60. The number of hydrogen-bond acceptors (Lipinski definition) is 4. The van der Waals surface area contributed by atoms with E-state index in [1.807, 2.05) is 33.9 Å². The van der Waals surface area contributed by atoms with E-state index in [0.29, 0.717) is 0 Å². The van der Waals surface area contributed by atoms with Gasteiger partial charge < -0.3 is 9.54 Å². The molecule has 0 fully saturated rings. The van der Waals surface area contributed by atoms with Crippen LogP contribution in [0.3, 0.4) is 0 Å². The van der Waals surface area contributed by atoms with Gasteiger partial charge in [0.1, 0.15) is 10.6 Å². The number of hydrogen-bond donors (Lipinski definition) is 2. The molecule has 0 saturated heterocycles. The summed E-state index contributed by atoms with van der Waals surface area (Å²) in [5.74, 6) is 0.867. The van der Waals surface area contributed by atoms with Gasteiger partial charge >= 0.3 is 0 Å². The van der Waals surface area contributed by atoms with Crippen LogP contribution in [-0.2, 0) is 11.4 Å². The molecule has 0 aliphatic rings. The van der Waals surface area contributed by atoms with E-state index in [1.165, 1.54) is 0 Å². The molecule has 0 radical (unpaired) electrons. The van der Waals surface area contributed by atoms with Crippen LogP contribution in [0.1, 0.15) is 38.6 Å². The van der Waals surface area contributed by atoms with Gasteiger partial charge in [-0.2, -0.15) is 0 Å². The molecule has 2 aromatic rings. The molecule has 104 valence electrons. The smallest absolute Gasteiger partial charge is 0.138 e. The molecule has 2 heterocycles. The van der Waals surface area contributed by atoms with Gasteiger partial charge in [0, 0.05) is 39.6 Å².